The van der Waals surface area contributed by atoms with Gasteiger partial charge in [-0.3, -0.25) is 4.79 Å². The Balaban J connectivity index is 3.92. The molecule has 6 heteroatoms. The lowest BCUT2D eigenvalue weighted by atomic mass is 10.4. The molecule has 0 aliphatic heterocycles. The molecule has 56 valence electrons. The van der Waals surface area contributed by atoms with Crippen LogP contribution in [0.3, 0.4) is 0 Å². The summed E-state index contributed by atoms with van der Waals surface area (Å²) < 4.78 is 33.9. The number of halogens is 3. The van der Waals surface area contributed by atoms with E-state index in [1.807, 2.05) is 0 Å². The maximum atomic E-state index is 11.3. The maximum Gasteiger partial charge on any atom is 0.397 e. The Morgan fingerprint density at radius 3 is 2.40 bits per heavy atom. The van der Waals surface area contributed by atoms with Crippen molar-refractivity contribution in [3.63, 3.8) is 0 Å². The average molecular weight is 169 g/mol. The zero-order valence-electron chi connectivity index (χ0n) is 4.60. The quantitative estimate of drug-likeness (QED) is 0.440. The fourth-order valence-corrected chi connectivity index (χ4v) is 0.364. The van der Waals surface area contributed by atoms with Crippen LogP contribution in [0, 0.1) is 0 Å². The van der Waals surface area contributed by atoms with Crippen molar-refractivity contribution in [2.45, 2.75) is 12.6 Å². The first-order valence-corrected chi connectivity index (χ1v) is 2.54. The third-order valence-electron chi connectivity index (χ3n) is 0.522. The second-order valence-electron chi connectivity index (χ2n) is 1.39. The molecule has 0 saturated carbocycles. The molecule has 0 atom stereocenters. The number of nitrogens with zero attached hydrogens (tertiary/aromatic N) is 1. The smallest absolute Gasteiger partial charge is 0.271 e. The summed E-state index contributed by atoms with van der Waals surface area (Å²) in [5.74, 6) is -1.32. The average Bonchev–Trinajstić information content (AvgIpc) is 1.59. The van der Waals surface area contributed by atoms with E-state index in [-0.39, 0.29) is 0 Å². The van der Waals surface area contributed by atoms with Crippen molar-refractivity contribution < 1.29 is 18.0 Å². The van der Waals surface area contributed by atoms with Crippen LogP contribution in [0.25, 0.3) is 0 Å². The van der Waals surface area contributed by atoms with E-state index < -0.39 is 18.5 Å². The number of hydrogen-bond donors (Lipinski definition) is 0. The predicted molar refractivity (Wildman–Crippen MR) is 30.7 cm³/mol. The van der Waals surface area contributed by atoms with Gasteiger partial charge >= 0.3 is 6.18 Å². The molecule has 0 fully saturated rings. The van der Waals surface area contributed by atoms with Crippen LogP contribution < -0.4 is 0 Å². The summed E-state index contributed by atoms with van der Waals surface area (Å²) in [7, 11) is 0. The molecule has 0 aromatic heterocycles. The number of thiocarbonyl (C=S) groups is 1. The minimum Gasteiger partial charge on any atom is -0.271 e. The normalized spacial score (nSPS) is 10.3. The van der Waals surface area contributed by atoms with Gasteiger partial charge in [0.15, 0.2) is 0 Å². The van der Waals surface area contributed by atoms with E-state index in [1.165, 1.54) is 0 Å². The number of rotatable bonds is 1. The number of carbonyl (C=O) groups excluding carboxylic acids is 1. The first kappa shape index (κ1) is 9.26. The van der Waals surface area contributed by atoms with E-state index in [9.17, 15) is 18.0 Å². The number of isothiocyanates is 1. The summed E-state index contributed by atoms with van der Waals surface area (Å²) in [6, 6.07) is 0. The van der Waals surface area contributed by atoms with Gasteiger partial charge in [-0.15, -0.1) is 0 Å². The van der Waals surface area contributed by atoms with Gasteiger partial charge in [-0.25, -0.2) is 0 Å². The fourth-order valence-electron chi connectivity index (χ4n) is 0.262. The molecule has 0 aromatic carbocycles. The van der Waals surface area contributed by atoms with Gasteiger partial charge in [0.2, 0.25) is 0 Å². The number of amides is 1. The third-order valence-corrected chi connectivity index (χ3v) is 0.613. The summed E-state index contributed by atoms with van der Waals surface area (Å²) in [5, 5.41) is 1.55. The summed E-state index contributed by atoms with van der Waals surface area (Å²) in [6.45, 7) is 0. The van der Waals surface area contributed by atoms with Crippen molar-refractivity contribution in [1.29, 1.82) is 0 Å². The Labute approximate surface area is 59.7 Å². The SMILES string of the molecule is O=C(CC(F)(F)F)N=C=S. The van der Waals surface area contributed by atoms with Gasteiger partial charge in [0.1, 0.15) is 6.42 Å². The Morgan fingerprint density at radius 2 is 2.10 bits per heavy atom. The lowest BCUT2D eigenvalue weighted by molar-refractivity contribution is -0.151. The molecule has 0 unspecified atom stereocenters. The van der Waals surface area contributed by atoms with E-state index in [0.29, 0.717) is 0 Å². The second-order valence-corrected chi connectivity index (χ2v) is 1.57. The monoisotopic (exact) mass is 169 g/mol. The van der Waals surface area contributed by atoms with Gasteiger partial charge in [0.25, 0.3) is 5.91 Å². The number of hydrogen-bond acceptors (Lipinski definition) is 2. The van der Waals surface area contributed by atoms with Crippen molar-refractivity contribution in [2.75, 3.05) is 0 Å². The molecule has 0 radical (unpaired) electrons. The number of carbonyl (C=O) groups is 1. The molecule has 0 aliphatic rings. The first-order chi connectivity index (χ1) is 4.45. The first-order valence-electron chi connectivity index (χ1n) is 2.13. The molecule has 0 heterocycles. The minimum absolute atomic E-state index is 1.32. The Hall–Kier alpha value is -0.740. The fraction of sp³-hybridized carbons (Fsp3) is 0.500. The van der Waals surface area contributed by atoms with Gasteiger partial charge < -0.3 is 0 Å². The molecule has 0 aliphatic carbocycles. The van der Waals surface area contributed by atoms with Crippen molar-refractivity contribution >= 4 is 23.3 Å². The van der Waals surface area contributed by atoms with E-state index in [0.717, 1.165) is 0 Å². The number of aliphatic imine (C=N–C) groups is 1. The highest BCUT2D eigenvalue weighted by molar-refractivity contribution is 7.78. The van der Waals surface area contributed by atoms with Crippen LogP contribution in [0.4, 0.5) is 13.2 Å². The van der Waals surface area contributed by atoms with Crippen LogP contribution in [-0.2, 0) is 4.79 Å². The standard InChI is InChI=1S/C4H2F3NOS/c5-4(6,7)1-3(9)8-2-10/h1H2. The van der Waals surface area contributed by atoms with Gasteiger partial charge in [-0.2, -0.15) is 18.2 Å². The number of alkyl halides is 3. The molecule has 0 aromatic rings. The van der Waals surface area contributed by atoms with Crippen molar-refractivity contribution in [3.05, 3.63) is 0 Å². The Bertz CT molecular complexity index is 181. The Morgan fingerprint density at radius 1 is 1.60 bits per heavy atom. The van der Waals surface area contributed by atoms with E-state index in [4.69, 9.17) is 0 Å². The summed E-state index contributed by atoms with van der Waals surface area (Å²) in [4.78, 5) is 12.7. The molecule has 0 saturated heterocycles. The van der Waals surface area contributed by atoms with Crippen LogP contribution in [0.5, 0.6) is 0 Å². The van der Waals surface area contributed by atoms with Crippen LogP contribution in [0.2, 0.25) is 0 Å². The van der Waals surface area contributed by atoms with Gasteiger partial charge in [0.05, 0.1) is 5.16 Å². The van der Waals surface area contributed by atoms with Gasteiger partial charge in [0, 0.05) is 0 Å². The molecular formula is C4H2F3NOS. The van der Waals surface area contributed by atoms with Crippen LogP contribution in [0.15, 0.2) is 4.99 Å². The molecule has 0 spiro atoms. The lowest BCUT2D eigenvalue weighted by Crippen LogP contribution is -2.12. The van der Waals surface area contributed by atoms with E-state index in [1.54, 1.807) is 5.16 Å². The molecule has 0 bridgehead atoms. The molecule has 1 amide bonds. The highest BCUT2D eigenvalue weighted by atomic mass is 32.1. The van der Waals surface area contributed by atoms with Crippen molar-refractivity contribution in [2.24, 2.45) is 4.99 Å². The van der Waals surface area contributed by atoms with E-state index >= 15 is 0 Å². The zero-order chi connectivity index (χ0) is 8.20. The van der Waals surface area contributed by atoms with Crippen LogP contribution >= 0.6 is 12.2 Å². The highest BCUT2D eigenvalue weighted by Crippen LogP contribution is 2.19. The predicted octanol–water partition coefficient (Wildman–Crippen LogP) is 1.57. The summed E-state index contributed by atoms with van der Waals surface area (Å²) in [6.07, 6.45) is -6.08. The van der Waals surface area contributed by atoms with Crippen molar-refractivity contribution in [1.82, 2.24) is 0 Å². The minimum atomic E-state index is -4.51. The second kappa shape index (κ2) is 3.43. The molecule has 2 nitrogen and oxygen atoms in total. The highest BCUT2D eigenvalue weighted by Gasteiger charge is 2.30. The maximum absolute atomic E-state index is 11.3. The van der Waals surface area contributed by atoms with Crippen LogP contribution in [0.1, 0.15) is 6.42 Å². The van der Waals surface area contributed by atoms with Crippen molar-refractivity contribution in [3.8, 4) is 0 Å². The summed E-state index contributed by atoms with van der Waals surface area (Å²) >= 11 is 3.91. The zero-order valence-corrected chi connectivity index (χ0v) is 5.42. The molecule has 0 rings (SSSR count). The Kier molecular flexibility index (Phi) is 3.18. The van der Waals surface area contributed by atoms with Crippen LogP contribution in [-0.4, -0.2) is 17.2 Å². The lowest BCUT2D eigenvalue weighted by Gasteiger charge is -1.99. The largest absolute Gasteiger partial charge is 0.397 e. The molecule has 10 heavy (non-hydrogen) atoms. The topological polar surface area (TPSA) is 29.4 Å². The van der Waals surface area contributed by atoms with Gasteiger partial charge in [-0.1, -0.05) is 0 Å². The molecular weight excluding hydrogens is 167 g/mol. The molecule has 0 N–H and O–H groups in total. The van der Waals surface area contributed by atoms with E-state index in [2.05, 4.69) is 17.2 Å². The third kappa shape index (κ3) is 5.40. The summed E-state index contributed by atoms with van der Waals surface area (Å²) in [5.41, 5.74) is 0. The van der Waals surface area contributed by atoms with Gasteiger partial charge in [-0.05, 0) is 12.2 Å².